The third kappa shape index (κ3) is 5.17. The van der Waals surface area contributed by atoms with E-state index in [4.69, 9.17) is 14.0 Å². The molecule has 2 aromatic carbocycles. The van der Waals surface area contributed by atoms with Crippen molar-refractivity contribution in [1.29, 1.82) is 0 Å². The van der Waals surface area contributed by atoms with E-state index in [1.54, 1.807) is 43.5 Å². The van der Waals surface area contributed by atoms with Gasteiger partial charge in [0.15, 0.2) is 6.61 Å². The first-order valence-electron chi connectivity index (χ1n) is 10.7. The summed E-state index contributed by atoms with van der Waals surface area (Å²) in [5.74, 6) is 1.47. The molecule has 0 amide bonds. The maximum atomic E-state index is 12.4. The highest BCUT2D eigenvalue weighted by atomic mass is 32.2. The van der Waals surface area contributed by atoms with Gasteiger partial charge in [0, 0.05) is 33.1 Å². The number of carbonyl (C=O) groups excluding carboxylic acids is 1. The Hall–Kier alpha value is -3.77. The van der Waals surface area contributed by atoms with Gasteiger partial charge in [-0.05, 0) is 42.5 Å². The first-order valence-corrected chi connectivity index (χ1v) is 12.1. The Morgan fingerprint density at radius 2 is 1.86 bits per heavy atom. The normalized spacial score (nSPS) is 11.8. The molecule has 12 heteroatoms. The van der Waals surface area contributed by atoms with Gasteiger partial charge in [-0.2, -0.15) is 4.98 Å². The van der Waals surface area contributed by atoms with Crippen molar-refractivity contribution in [1.82, 2.24) is 24.0 Å². The number of nitrogens with zero attached hydrogens (tertiary/aromatic N) is 5. The van der Waals surface area contributed by atoms with Crippen LogP contribution in [0.5, 0.6) is 5.75 Å². The van der Waals surface area contributed by atoms with Crippen LogP contribution in [0.15, 0.2) is 51.9 Å². The first kappa shape index (κ1) is 24.4. The van der Waals surface area contributed by atoms with E-state index in [9.17, 15) is 13.2 Å². The fourth-order valence-corrected chi connectivity index (χ4v) is 4.34. The van der Waals surface area contributed by atoms with Crippen LogP contribution in [0, 0.1) is 0 Å². The number of hydrogen-bond donors (Lipinski definition) is 0. The number of carbonyl (C=O) groups is 1. The summed E-state index contributed by atoms with van der Waals surface area (Å²) < 4.78 is 43.4. The summed E-state index contributed by atoms with van der Waals surface area (Å²) in [4.78, 5) is 21.2. The predicted octanol–water partition coefficient (Wildman–Crippen LogP) is 2.56. The molecule has 0 spiro atoms. The minimum absolute atomic E-state index is 0.0865. The topological polar surface area (TPSA) is 130 Å². The van der Waals surface area contributed by atoms with Crippen molar-refractivity contribution in [2.75, 3.05) is 21.2 Å². The number of fused-ring (bicyclic) bond motifs is 1. The molecule has 0 aliphatic carbocycles. The van der Waals surface area contributed by atoms with E-state index < -0.39 is 16.0 Å². The van der Waals surface area contributed by atoms with E-state index in [0.29, 0.717) is 29.4 Å². The Morgan fingerprint density at radius 3 is 2.54 bits per heavy atom. The van der Waals surface area contributed by atoms with E-state index in [1.165, 1.54) is 20.2 Å². The number of methoxy groups -OCH3 is 1. The Bertz CT molecular complexity index is 1460. The molecule has 0 aliphatic heterocycles. The van der Waals surface area contributed by atoms with Crippen molar-refractivity contribution < 1.29 is 27.2 Å². The molecule has 0 unspecified atom stereocenters. The Balaban J connectivity index is 1.36. The van der Waals surface area contributed by atoms with Crippen LogP contribution in [0.4, 0.5) is 0 Å². The highest BCUT2D eigenvalue weighted by Gasteiger charge is 2.19. The monoisotopic (exact) mass is 499 g/mol. The van der Waals surface area contributed by atoms with Crippen LogP contribution < -0.4 is 4.74 Å². The number of sulfonamides is 1. The minimum atomic E-state index is -3.57. The van der Waals surface area contributed by atoms with Crippen molar-refractivity contribution in [2.45, 2.75) is 24.3 Å². The fraction of sp³-hybridized carbons (Fsp3) is 0.304. The summed E-state index contributed by atoms with van der Waals surface area (Å²) in [5, 5.41) is 3.85. The number of aromatic nitrogens is 4. The Kier molecular flexibility index (Phi) is 6.85. The predicted molar refractivity (Wildman–Crippen MR) is 126 cm³/mol. The van der Waals surface area contributed by atoms with Gasteiger partial charge in [0.1, 0.15) is 11.6 Å². The van der Waals surface area contributed by atoms with Gasteiger partial charge >= 0.3 is 5.97 Å². The molecule has 0 saturated heterocycles. The fourth-order valence-electron chi connectivity index (χ4n) is 3.42. The van der Waals surface area contributed by atoms with Gasteiger partial charge < -0.3 is 18.6 Å². The number of esters is 1. The van der Waals surface area contributed by atoms with Gasteiger partial charge in [-0.15, -0.1) is 0 Å². The van der Waals surface area contributed by atoms with Gasteiger partial charge in [-0.25, -0.2) is 17.7 Å². The third-order valence-corrected chi connectivity index (χ3v) is 7.25. The van der Waals surface area contributed by atoms with E-state index in [0.717, 1.165) is 15.4 Å². The molecule has 184 valence electrons. The molecule has 4 rings (SSSR count). The van der Waals surface area contributed by atoms with Crippen LogP contribution >= 0.6 is 0 Å². The van der Waals surface area contributed by atoms with Crippen molar-refractivity contribution in [3.05, 3.63) is 54.1 Å². The van der Waals surface area contributed by atoms with Gasteiger partial charge in [0.25, 0.3) is 5.89 Å². The lowest BCUT2D eigenvalue weighted by atomic mass is 10.2. The van der Waals surface area contributed by atoms with Crippen molar-refractivity contribution in [2.24, 2.45) is 7.05 Å². The van der Waals surface area contributed by atoms with Crippen molar-refractivity contribution >= 4 is 27.0 Å². The highest BCUT2D eigenvalue weighted by molar-refractivity contribution is 7.89. The molecule has 35 heavy (non-hydrogen) atoms. The minimum Gasteiger partial charge on any atom is -0.497 e. The SMILES string of the molecule is COc1ccc(-c2nc(COC(=O)CCc3nc4cc(S(=O)(=O)N(C)C)ccc4n3C)no2)cc1. The molecule has 0 aliphatic rings. The summed E-state index contributed by atoms with van der Waals surface area (Å²) >= 11 is 0. The first-order chi connectivity index (χ1) is 16.7. The zero-order valence-electron chi connectivity index (χ0n) is 19.8. The number of ether oxygens (including phenoxy) is 2. The summed E-state index contributed by atoms with van der Waals surface area (Å²) in [7, 11) is 2.78. The summed E-state index contributed by atoms with van der Waals surface area (Å²) in [6, 6.07) is 11.9. The van der Waals surface area contributed by atoms with Crippen LogP contribution in [-0.4, -0.2) is 59.6 Å². The van der Waals surface area contributed by atoms with E-state index in [1.807, 2.05) is 11.6 Å². The molecule has 0 atom stereocenters. The number of benzene rings is 2. The van der Waals surface area contributed by atoms with Gasteiger partial charge in [0.2, 0.25) is 15.8 Å². The maximum absolute atomic E-state index is 12.4. The highest BCUT2D eigenvalue weighted by Crippen LogP contribution is 2.23. The zero-order chi connectivity index (χ0) is 25.2. The van der Waals surface area contributed by atoms with Gasteiger partial charge in [-0.3, -0.25) is 4.79 Å². The average Bonchev–Trinajstić information content (AvgIpc) is 3.45. The number of hydrogen-bond acceptors (Lipinski definition) is 9. The molecule has 0 N–H and O–H groups in total. The summed E-state index contributed by atoms with van der Waals surface area (Å²) in [5.41, 5.74) is 2.03. The molecule has 11 nitrogen and oxygen atoms in total. The smallest absolute Gasteiger partial charge is 0.306 e. The van der Waals surface area contributed by atoms with E-state index >= 15 is 0 Å². The van der Waals surface area contributed by atoms with Crippen LogP contribution in [0.1, 0.15) is 18.1 Å². The van der Waals surface area contributed by atoms with Crippen LogP contribution in [-0.2, 0) is 39.6 Å². The maximum Gasteiger partial charge on any atom is 0.306 e. The molecule has 2 heterocycles. The zero-order valence-corrected chi connectivity index (χ0v) is 20.6. The molecular formula is C23H25N5O6S. The number of imidazole rings is 1. The largest absolute Gasteiger partial charge is 0.497 e. The lowest BCUT2D eigenvalue weighted by molar-refractivity contribution is -0.145. The number of aryl methyl sites for hydroxylation is 2. The second-order valence-corrected chi connectivity index (χ2v) is 10.1. The molecule has 2 aromatic heterocycles. The molecular weight excluding hydrogens is 474 g/mol. The second kappa shape index (κ2) is 9.84. The summed E-state index contributed by atoms with van der Waals surface area (Å²) in [6.07, 6.45) is 0.409. The van der Waals surface area contributed by atoms with E-state index in [2.05, 4.69) is 15.1 Å². The molecule has 0 fully saturated rings. The lowest BCUT2D eigenvalue weighted by Gasteiger charge is -2.10. The number of rotatable bonds is 9. The van der Waals surface area contributed by atoms with Crippen LogP contribution in [0.3, 0.4) is 0 Å². The van der Waals surface area contributed by atoms with Crippen molar-refractivity contribution in [3.63, 3.8) is 0 Å². The Morgan fingerprint density at radius 1 is 1.11 bits per heavy atom. The van der Waals surface area contributed by atoms with Crippen molar-refractivity contribution in [3.8, 4) is 17.2 Å². The Labute approximate surface area is 202 Å². The average molecular weight is 500 g/mol. The molecule has 0 radical (unpaired) electrons. The molecule has 0 bridgehead atoms. The second-order valence-electron chi connectivity index (χ2n) is 7.93. The molecule has 0 saturated carbocycles. The standard InChI is InChI=1S/C23H25N5O6S/c1-27(2)35(30,31)17-9-10-19-18(13-17)24-21(28(19)3)11-12-22(29)33-14-20-25-23(34-26-20)15-5-7-16(32-4)8-6-15/h5-10,13H,11-12,14H2,1-4H3. The van der Waals surface area contributed by atoms with Crippen LogP contribution in [0.2, 0.25) is 0 Å². The van der Waals surface area contributed by atoms with E-state index in [-0.39, 0.29) is 23.7 Å². The lowest BCUT2D eigenvalue weighted by Crippen LogP contribution is -2.22. The van der Waals surface area contributed by atoms with Gasteiger partial charge in [0.05, 0.1) is 29.5 Å². The third-order valence-electron chi connectivity index (χ3n) is 5.44. The summed E-state index contributed by atoms with van der Waals surface area (Å²) in [6.45, 7) is -0.118. The molecule has 4 aromatic rings. The van der Waals surface area contributed by atoms with Crippen LogP contribution in [0.25, 0.3) is 22.5 Å². The quantitative estimate of drug-likeness (QED) is 0.319. The van der Waals surface area contributed by atoms with Gasteiger partial charge in [-0.1, -0.05) is 5.16 Å².